The number of hydrogen-bond donors (Lipinski definition) is 1. The zero-order valence-electron chi connectivity index (χ0n) is 6.60. The van der Waals surface area contributed by atoms with Crippen molar-refractivity contribution in [1.29, 1.82) is 0 Å². The van der Waals surface area contributed by atoms with Crippen LogP contribution in [0.1, 0.15) is 6.92 Å². The number of carbonyl (C=O) groups is 1. The zero-order chi connectivity index (χ0) is 9.40. The molecule has 1 N–H and O–H groups in total. The molecule has 0 atom stereocenters. The molecule has 0 aromatic heterocycles. The Morgan fingerprint density at radius 3 is 2.92 bits per heavy atom. The van der Waals surface area contributed by atoms with Gasteiger partial charge in [-0.1, -0.05) is 12.2 Å². The van der Waals surface area contributed by atoms with Crippen molar-refractivity contribution in [2.24, 2.45) is 0 Å². The van der Waals surface area contributed by atoms with Crippen LogP contribution in [0.4, 0.5) is 0 Å². The molecular weight excluding hydrogens is 166 g/mol. The van der Waals surface area contributed by atoms with Crippen LogP contribution in [0.15, 0.2) is 12.2 Å². The molecule has 0 saturated heterocycles. The Bertz CT molecular complexity index is 156. The van der Waals surface area contributed by atoms with Gasteiger partial charge in [0.1, 0.15) is 6.61 Å². The first-order valence-corrected chi connectivity index (χ1v) is 3.22. The minimum atomic E-state index is -0.795. The summed E-state index contributed by atoms with van der Waals surface area (Å²) >= 11 is 0. The fourth-order valence-corrected chi connectivity index (χ4v) is 0.387. The largest absolute Gasteiger partial charge is 0.738 e. The van der Waals surface area contributed by atoms with Gasteiger partial charge in [-0.05, 0) is 6.92 Å². The number of ether oxygens (including phenoxy) is 1. The van der Waals surface area contributed by atoms with Crippen LogP contribution < -0.4 is 0 Å². The fourth-order valence-electron chi connectivity index (χ4n) is 0.387. The van der Waals surface area contributed by atoms with Gasteiger partial charge in [0.15, 0.2) is 6.61 Å². The van der Waals surface area contributed by atoms with Gasteiger partial charge in [-0.2, -0.15) is 0 Å². The molecule has 0 radical (unpaired) electrons. The summed E-state index contributed by atoms with van der Waals surface area (Å²) in [7, 11) is 0. The van der Waals surface area contributed by atoms with E-state index in [1.165, 1.54) is 0 Å². The van der Waals surface area contributed by atoms with Gasteiger partial charge in [-0.3, -0.25) is 4.84 Å². The van der Waals surface area contributed by atoms with Crippen molar-refractivity contribution in [3.63, 3.8) is 0 Å². The summed E-state index contributed by atoms with van der Waals surface area (Å²) in [6.45, 7) is 1.30. The molecule has 12 heavy (non-hydrogen) atoms. The molecule has 0 unspecified atom stereocenters. The highest BCUT2D eigenvalue weighted by Crippen LogP contribution is 1.84. The van der Waals surface area contributed by atoms with Crippen LogP contribution >= 0.6 is 0 Å². The van der Waals surface area contributed by atoms with Gasteiger partial charge in [0.2, 0.25) is 0 Å². The molecule has 0 rings (SSSR count). The van der Waals surface area contributed by atoms with E-state index < -0.39 is 18.0 Å². The summed E-state index contributed by atoms with van der Waals surface area (Å²) < 4.78 is 4.51. The van der Waals surface area contributed by atoms with Gasteiger partial charge >= 0.3 is 5.97 Å². The molecule has 70 valence electrons. The number of esters is 1. The minimum Gasteiger partial charge on any atom is -0.738 e. The lowest BCUT2D eigenvalue weighted by molar-refractivity contribution is -0.303. The summed E-state index contributed by atoms with van der Waals surface area (Å²) in [6, 6.07) is 0. The first kappa shape index (κ1) is 11.1. The van der Waals surface area contributed by atoms with Crippen LogP contribution in [0.3, 0.4) is 0 Å². The molecule has 0 aliphatic rings. The van der Waals surface area contributed by atoms with Crippen LogP contribution in [0.5, 0.6) is 0 Å². The van der Waals surface area contributed by atoms with Crippen molar-refractivity contribution in [1.82, 2.24) is 5.39 Å². The molecule has 0 aliphatic carbocycles. The quantitative estimate of drug-likeness (QED) is 0.366. The predicted molar refractivity (Wildman–Crippen MR) is 38.7 cm³/mol. The van der Waals surface area contributed by atoms with Gasteiger partial charge in [0, 0.05) is 0 Å². The molecule has 0 saturated carbocycles. The van der Waals surface area contributed by atoms with Crippen LogP contribution in [0.25, 0.3) is 0 Å². The topological polar surface area (TPSA) is 82.1 Å². The summed E-state index contributed by atoms with van der Waals surface area (Å²) in [5, 5.41) is 16.8. The second-order valence-electron chi connectivity index (χ2n) is 1.76. The summed E-state index contributed by atoms with van der Waals surface area (Å²) in [6.07, 6.45) is 3.33. The van der Waals surface area contributed by atoms with E-state index in [4.69, 9.17) is 5.21 Å². The average molecular weight is 176 g/mol. The molecule has 6 nitrogen and oxygen atoms in total. The Balaban J connectivity index is 3.34. The lowest BCUT2D eigenvalue weighted by Gasteiger charge is -2.16. The Morgan fingerprint density at radius 2 is 2.42 bits per heavy atom. The molecule has 0 heterocycles. The van der Waals surface area contributed by atoms with E-state index >= 15 is 0 Å². The third-order valence-electron chi connectivity index (χ3n) is 0.869. The SMILES string of the molecule is C/C=C/COC(=O)CON([O-])O. The molecule has 0 amide bonds. The normalized spacial score (nSPS) is 11.0. The van der Waals surface area contributed by atoms with Crippen LogP contribution in [-0.2, 0) is 14.4 Å². The van der Waals surface area contributed by atoms with Crippen molar-refractivity contribution < 1.29 is 19.6 Å². The number of nitrogens with zero attached hydrogens (tertiary/aromatic N) is 1. The molecule has 0 aliphatic heterocycles. The van der Waals surface area contributed by atoms with Crippen molar-refractivity contribution in [3.05, 3.63) is 17.4 Å². The second-order valence-corrected chi connectivity index (χ2v) is 1.76. The molecule has 0 bridgehead atoms. The van der Waals surface area contributed by atoms with E-state index in [9.17, 15) is 10.0 Å². The van der Waals surface area contributed by atoms with E-state index in [0.717, 1.165) is 0 Å². The minimum absolute atomic E-state index is 0.128. The van der Waals surface area contributed by atoms with E-state index in [2.05, 4.69) is 9.57 Å². The molecule has 0 fully saturated rings. The number of hydrogen-bond acceptors (Lipinski definition) is 6. The Hall–Kier alpha value is -0.950. The first-order chi connectivity index (χ1) is 5.66. The number of rotatable bonds is 5. The van der Waals surface area contributed by atoms with Gasteiger partial charge in [-0.25, -0.2) is 4.79 Å². The second kappa shape index (κ2) is 6.74. The zero-order valence-corrected chi connectivity index (χ0v) is 6.60. The van der Waals surface area contributed by atoms with Crippen molar-refractivity contribution >= 4 is 5.97 Å². The molecule has 0 aromatic carbocycles. The van der Waals surface area contributed by atoms with Gasteiger partial charge in [0.05, 0.1) is 0 Å². The Kier molecular flexibility index (Phi) is 6.21. The van der Waals surface area contributed by atoms with E-state index in [1.54, 1.807) is 19.1 Å². The van der Waals surface area contributed by atoms with Crippen LogP contribution in [0.2, 0.25) is 0 Å². The Morgan fingerprint density at radius 1 is 1.75 bits per heavy atom. The highest BCUT2D eigenvalue weighted by atomic mass is 17.1. The van der Waals surface area contributed by atoms with E-state index in [0.29, 0.717) is 0 Å². The molecular formula is C6H10NO5-. The average Bonchev–Trinajstić information content (AvgIpc) is 2.01. The Labute approximate surface area is 69.5 Å². The third kappa shape index (κ3) is 7.16. The molecule has 0 aromatic rings. The highest BCUT2D eigenvalue weighted by Gasteiger charge is 2.00. The lowest BCUT2D eigenvalue weighted by Crippen LogP contribution is -2.19. The monoisotopic (exact) mass is 176 g/mol. The van der Waals surface area contributed by atoms with Gasteiger partial charge in [-0.15, -0.1) is 5.39 Å². The lowest BCUT2D eigenvalue weighted by atomic mass is 10.5. The van der Waals surface area contributed by atoms with E-state index in [1.807, 2.05) is 0 Å². The van der Waals surface area contributed by atoms with Gasteiger partial charge < -0.3 is 15.2 Å². The van der Waals surface area contributed by atoms with Crippen molar-refractivity contribution in [2.75, 3.05) is 13.2 Å². The highest BCUT2D eigenvalue weighted by molar-refractivity contribution is 5.70. The van der Waals surface area contributed by atoms with Gasteiger partial charge in [0.25, 0.3) is 0 Å². The maximum absolute atomic E-state index is 10.6. The number of allylic oxidation sites excluding steroid dienone is 1. The molecule has 6 heteroatoms. The number of carbonyl (C=O) groups excluding carboxylic acids is 1. The third-order valence-corrected chi connectivity index (χ3v) is 0.869. The summed E-state index contributed by atoms with van der Waals surface area (Å²) in [4.78, 5) is 14.4. The van der Waals surface area contributed by atoms with Crippen LogP contribution in [-0.4, -0.2) is 29.8 Å². The fraction of sp³-hybridized carbons (Fsp3) is 0.500. The summed E-state index contributed by atoms with van der Waals surface area (Å²) in [5.74, 6) is -0.719. The van der Waals surface area contributed by atoms with E-state index in [-0.39, 0.29) is 6.61 Å². The molecule has 0 spiro atoms. The smallest absolute Gasteiger partial charge is 0.334 e. The summed E-state index contributed by atoms with van der Waals surface area (Å²) in [5.41, 5.74) is 0. The maximum Gasteiger partial charge on any atom is 0.334 e. The standard InChI is InChI=1S/C6H10NO5/c1-2-3-4-11-6(8)5-12-7(9)10/h2-3,9H,4-5H2,1H3/q-1/b3-2+. The maximum atomic E-state index is 10.6. The van der Waals surface area contributed by atoms with Crippen molar-refractivity contribution in [3.8, 4) is 0 Å². The van der Waals surface area contributed by atoms with Crippen molar-refractivity contribution in [2.45, 2.75) is 6.92 Å². The predicted octanol–water partition coefficient (Wildman–Crippen LogP) is 0.226. The first-order valence-electron chi connectivity index (χ1n) is 3.22. The van der Waals surface area contributed by atoms with Crippen LogP contribution in [0, 0.1) is 5.21 Å².